The summed E-state index contributed by atoms with van der Waals surface area (Å²) < 4.78 is 26.7. The lowest BCUT2D eigenvalue weighted by molar-refractivity contribution is 0.249. The normalized spacial score (nSPS) is 13.3. The van der Waals surface area contributed by atoms with E-state index in [9.17, 15) is 4.79 Å². The minimum Gasteiger partial charge on any atom is -0.493 e. The van der Waals surface area contributed by atoms with Crippen LogP contribution in [0.3, 0.4) is 0 Å². The third kappa shape index (κ3) is 17.3. The zero-order chi connectivity index (χ0) is 52.2. The molecule has 4 N–H and O–H groups in total. The van der Waals surface area contributed by atoms with E-state index in [1.54, 1.807) is 0 Å². The lowest BCUT2D eigenvalue weighted by Gasteiger charge is -2.19. The van der Waals surface area contributed by atoms with Crippen molar-refractivity contribution >= 4 is 54.4 Å². The van der Waals surface area contributed by atoms with Crippen LogP contribution in [0.1, 0.15) is 151 Å². The van der Waals surface area contributed by atoms with Crippen molar-refractivity contribution in [3.8, 4) is 34.4 Å². The van der Waals surface area contributed by atoms with Gasteiger partial charge >= 0.3 is 6.03 Å². The molecule has 5 aromatic rings. The third-order valence-corrected chi connectivity index (χ3v) is 13.3. The predicted octanol–water partition coefficient (Wildman–Crippen LogP) is 15.2. The summed E-state index contributed by atoms with van der Waals surface area (Å²) in [5, 5.41) is 5.47. The van der Waals surface area contributed by atoms with Crippen LogP contribution in [-0.2, 0) is 0 Å². The maximum absolute atomic E-state index is 12.4. The van der Waals surface area contributed by atoms with Gasteiger partial charge in [0.15, 0.2) is 5.82 Å². The van der Waals surface area contributed by atoms with Crippen molar-refractivity contribution in [2.45, 2.75) is 122 Å². The SMILES string of the molecule is CCCCNC(=O)Nc1nc(N)nc(-c2ccc(/C=C/c3cc(OCC(C)CC)c(/C=C/c4cc(OCC(C)CC)c(/C=C/c5cc(C)c(C)c(C)c5)cc4OCC(C)CC)cc3OCC(C)CC)cc2)n1. The molecule has 0 aliphatic carbocycles. The predicted molar refractivity (Wildman–Crippen MR) is 302 cm³/mol. The molecule has 11 nitrogen and oxygen atoms in total. The number of hydrogen-bond acceptors (Lipinski definition) is 9. The molecular weight excluding hydrogens is 897 g/mol. The number of ether oxygens (including phenoxy) is 4. The number of rotatable bonds is 27. The Balaban J connectivity index is 1.56. The largest absolute Gasteiger partial charge is 0.493 e. The molecule has 0 radical (unpaired) electrons. The van der Waals surface area contributed by atoms with Gasteiger partial charge in [0.25, 0.3) is 0 Å². The van der Waals surface area contributed by atoms with E-state index in [0.29, 0.717) is 62.5 Å². The second-order valence-electron chi connectivity index (χ2n) is 19.6. The highest BCUT2D eigenvalue weighted by molar-refractivity contribution is 5.87. The molecule has 0 aliphatic heterocycles. The number of hydrogen-bond donors (Lipinski definition) is 3. The van der Waals surface area contributed by atoms with Gasteiger partial charge in [-0.15, -0.1) is 0 Å². The van der Waals surface area contributed by atoms with Crippen LogP contribution >= 0.6 is 0 Å². The number of anilines is 2. The first-order chi connectivity index (χ1) is 34.6. The van der Waals surface area contributed by atoms with E-state index >= 15 is 0 Å². The Morgan fingerprint density at radius 2 is 0.958 bits per heavy atom. The van der Waals surface area contributed by atoms with Gasteiger partial charge in [-0.2, -0.15) is 15.0 Å². The van der Waals surface area contributed by atoms with Crippen LogP contribution in [0.15, 0.2) is 60.7 Å². The van der Waals surface area contributed by atoms with Crippen molar-refractivity contribution in [3.05, 3.63) is 111 Å². The monoisotopic (exact) mass is 979 g/mol. The first-order valence-electron chi connectivity index (χ1n) is 26.3. The Labute approximate surface area is 431 Å². The number of carbonyl (C=O) groups excluding carboxylic acids is 1. The van der Waals surface area contributed by atoms with E-state index in [-0.39, 0.29) is 11.9 Å². The van der Waals surface area contributed by atoms with Gasteiger partial charge in [-0.05, 0) is 103 Å². The summed E-state index contributed by atoms with van der Waals surface area (Å²) in [5.41, 5.74) is 16.4. The highest BCUT2D eigenvalue weighted by Crippen LogP contribution is 2.37. The molecule has 386 valence electrons. The van der Waals surface area contributed by atoms with Crippen LogP contribution in [-0.4, -0.2) is 54.0 Å². The van der Waals surface area contributed by atoms with Crippen LogP contribution in [0, 0.1) is 44.4 Å². The summed E-state index contributed by atoms with van der Waals surface area (Å²) in [6.07, 6.45) is 18.5. The van der Waals surface area contributed by atoms with Crippen LogP contribution in [0.4, 0.5) is 16.7 Å². The highest BCUT2D eigenvalue weighted by Gasteiger charge is 2.17. The molecule has 1 heterocycles. The molecule has 0 spiro atoms. The van der Waals surface area contributed by atoms with Gasteiger partial charge in [0, 0.05) is 34.4 Å². The number of aryl methyl sites for hydroxylation is 2. The number of urea groups is 1. The summed E-state index contributed by atoms with van der Waals surface area (Å²) >= 11 is 0. The number of unbranched alkanes of at least 4 members (excludes halogenated alkanes) is 1. The summed E-state index contributed by atoms with van der Waals surface area (Å²) in [6.45, 7) is 29.1. The second kappa shape index (κ2) is 28.4. The fourth-order valence-corrected chi connectivity index (χ4v) is 7.17. The molecule has 0 fully saturated rings. The van der Waals surface area contributed by atoms with Gasteiger partial charge in [0.1, 0.15) is 23.0 Å². The van der Waals surface area contributed by atoms with E-state index < -0.39 is 6.03 Å². The van der Waals surface area contributed by atoms with Crippen molar-refractivity contribution in [1.29, 1.82) is 0 Å². The fourth-order valence-electron chi connectivity index (χ4n) is 7.17. The van der Waals surface area contributed by atoms with Crippen LogP contribution < -0.4 is 35.3 Å². The van der Waals surface area contributed by atoms with Crippen LogP contribution in [0.25, 0.3) is 47.8 Å². The molecule has 1 aromatic heterocycles. The number of aromatic nitrogens is 3. The smallest absolute Gasteiger partial charge is 0.321 e. The van der Waals surface area contributed by atoms with Gasteiger partial charge in [0.2, 0.25) is 11.9 Å². The van der Waals surface area contributed by atoms with Crippen LogP contribution in [0.2, 0.25) is 0 Å². The Morgan fingerprint density at radius 3 is 1.36 bits per heavy atom. The molecule has 0 saturated carbocycles. The number of nitrogen functional groups attached to an aromatic ring is 1. The molecule has 72 heavy (non-hydrogen) atoms. The average Bonchev–Trinajstić information content (AvgIpc) is 3.38. The van der Waals surface area contributed by atoms with Gasteiger partial charge in [-0.1, -0.05) is 167 Å². The van der Waals surface area contributed by atoms with Crippen molar-refractivity contribution in [2.24, 2.45) is 23.7 Å². The van der Waals surface area contributed by atoms with Gasteiger partial charge in [-0.3, -0.25) is 5.32 Å². The molecule has 4 atom stereocenters. The number of nitrogens with one attached hydrogen (secondary N) is 2. The molecule has 0 aliphatic rings. The van der Waals surface area contributed by atoms with E-state index in [0.717, 1.165) is 100 Å². The molecule has 0 bridgehead atoms. The Bertz CT molecular complexity index is 2600. The number of amides is 2. The molecule has 11 heteroatoms. The first kappa shape index (κ1) is 56.3. The lowest BCUT2D eigenvalue weighted by Crippen LogP contribution is -2.30. The van der Waals surface area contributed by atoms with E-state index in [4.69, 9.17) is 24.7 Å². The minimum absolute atomic E-state index is 0.0126. The number of benzene rings is 4. The number of nitrogens with two attached hydrogens (primary N) is 1. The molecule has 5 rings (SSSR count). The summed E-state index contributed by atoms with van der Waals surface area (Å²) in [7, 11) is 0. The summed E-state index contributed by atoms with van der Waals surface area (Å²) in [6, 6.07) is 20.3. The lowest BCUT2D eigenvalue weighted by atomic mass is 9.99. The maximum Gasteiger partial charge on any atom is 0.321 e. The molecule has 4 unspecified atom stereocenters. The van der Waals surface area contributed by atoms with Crippen molar-refractivity contribution in [3.63, 3.8) is 0 Å². The minimum atomic E-state index is -0.392. The van der Waals surface area contributed by atoms with E-state index in [2.05, 4.69) is 182 Å². The van der Waals surface area contributed by atoms with Gasteiger partial charge < -0.3 is 30.0 Å². The number of carbonyl (C=O) groups is 1. The van der Waals surface area contributed by atoms with E-state index in [1.807, 2.05) is 24.3 Å². The number of nitrogens with zero attached hydrogens (tertiary/aromatic N) is 3. The molecular formula is C61H82N6O5. The topological polar surface area (TPSA) is 143 Å². The third-order valence-electron chi connectivity index (χ3n) is 13.3. The average molecular weight is 979 g/mol. The van der Waals surface area contributed by atoms with Crippen molar-refractivity contribution in [1.82, 2.24) is 20.3 Å². The zero-order valence-corrected chi connectivity index (χ0v) is 45.3. The first-order valence-corrected chi connectivity index (χ1v) is 26.3. The highest BCUT2D eigenvalue weighted by atomic mass is 16.5. The standard InChI is InChI=1S/C61H82N6O5/c1-13-18-29-63-61(68)67-60-65-58(64-59(62)66-60)49-23-19-47(20-24-49)21-25-50-32-56(71-38-42(8)16-4)52(34-54(50)69-36-40(6)14-2)27-28-53-35-55(70-37-41(7)15-3)51(33-57(53)72-39-43(9)17-5)26-22-48-30-44(10)46(12)45(11)31-48/h19-28,30-35,40-43H,13-18,29,36-39H2,1-12H3,(H4,62,63,64,65,66,67,68)/b25-21+,26-22+,28-27+. The molecule has 4 aromatic carbocycles. The van der Waals surface area contributed by atoms with Crippen molar-refractivity contribution < 1.29 is 23.7 Å². The fraction of sp³-hybridized carbons (Fsp3) is 0.443. The van der Waals surface area contributed by atoms with Crippen molar-refractivity contribution in [2.75, 3.05) is 44.0 Å². The van der Waals surface area contributed by atoms with Crippen LogP contribution in [0.5, 0.6) is 23.0 Å². The Hall–Kier alpha value is -6.62. The quantitative estimate of drug-likeness (QED) is 0.0346. The zero-order valence-electron chi connectivity index (χ0n) is 45.3. The summed E-state index contributed by atoms with van der Waals surface area (Å²) in [4.78, 5) is 25.3. The molecule has 0 saturated heterocycles. The molecule has 2 amide bonds. The van der Waals surface area contributed by atoms with E-state index in [1.165, 1.54) is 16.7 Å². The second-order valence-corrected chi connectivity index (χ2v) is 19.6. The summed E-state index contributed by atoms with van der Waals surface area (Å²) in [5.74, 6) is 5.05. The van der Waals surface area contributed by atoms with Gasteiger partial charge in [-0.25, -0.2) is 4.79 Å². The Morgan fingerprint density at radius 1 is 0.556 bits per heavy atom. The Kier molecular flexibility index (Phi) is 22.2. The maximum atomic E-state index is 12.4. The van der Waals surface area contributed by atoms with Gasteiger partial charge in [0.05, 0.1) is 26.4 Å².